The van der Waals surface area contributed by atoms with Crippen molar-refractivity contribution >= 4 is 11.6 Å². The lowest BCUT2D eigenvalue weighted by Gasteiger charge is -2.41. The Hall–Kier alpha value is -1.73. The average molecular weight is 395 g/mol. The lowest BCUT2D eigenvalue weighted by molar-refractivity contribution is 0.0454. The van der Waals surface area contributed by atoms with E-state index in [9.17, 15) is 10.2 Å². The first-order chi connectivity index (χ1) is 13.0. The summed E-state index contributed by atoms with van der Waals surface area (Å²) in [4.78, 5) is 4.71. The Morgan fingerprint density at radius 1 is 1.26 bits per heavy atom. The van der Waals surface area contributed by atoms with Crippen molar-refractivity contribution in [1.29, 1.82) is 0 Å². The molecule has 2 aromatic rings. The Labute approximate surface area is 164 Å². The van der Waals surface area contributed by atoms with Gasteiger partial charge in [-0.3, -0.25) is 9.80 Å². The summed E-state index contributed by atoms with van der Waals surface area (Å²) >= 11 is 6.11. The highest BCUT2D eigenvalue weighted by Gasteiger charge is 2.27. The van der Waals surface area contributed by atoms with Gasteiger partial charge in [-0.05, 0) is 43.2 Å². The highest BCUT2D eigenvalue weighted by Crippen LogP contribution is 2.35. The molecule has 27 heavy (non-hydrogen) atoms. The topological polar surface area (TPSA) is 69.3 Å². The molecular weight excluding hydrogens is 368 g/mol. The van der Waals surface area contributed by atoms with Gasteiger partial charge in [0.05, 0.1) is 18.7 Å². The first-order valence-electron chi connectivity index (χ1n) is 9.18. The predicted octanol–water partition coefficient (Wildman–Crippen LogP) is 3.02. The number of hydrogen-bond donors (Lipinski definition) is 2. The number of piperazine rings is 1. The van der Waals surface area contributed by atoms with Crippen molar-refractivity contribution in [3.8, 4) is 11.5 Å². The third-order valence-electron chi connectivity index (χ3n) is 5.02. The van der Waals surface area contributed by atoms with Crippen molar-refractivity contribution in [3.63, 3.8) is 0 Å². The SMILES string of the molecule is COc1cc(CN2CCN(Cc3ccc(C)o3)C(CCO)C2)cc(Cl)c1O. The van der Waals surface area contributed by atoms with Crippen LogP contribution in [0.1, 0.15) is 23.5 Å². The van der Waals surface area contributed by atoms with Gasteiger partial charge in [0.1, 0.15) is 11.5 Å². The minimum absolute atomic E-state index is 0.0281. The van der Waals surface area contributed by atoms with Crippen molar-refractivity contribution in [2.24, 2.45) is 0 Å². The molecule has 1 unspecified atom stereocenters. The van der Waals surface area contributed by atoms with Crippen molar-refractivity contribution in [3.05, 3.63) is 46.4 Å². The second-order valence-electron chi connectivity index (χ2n) is 7.01. The van der Waals surface area contributed by atoms with E-state index < -0.39 is 0 Å². The fraction of sp³-hybridized carbons (Fsp3) is 0.500. The van der Waals surface area contributed by atoms with Crippen LogP contribution in [-0.2, 0) is 13.1 Å². The van der Waals surface area contributed by atoms with Crippen LogP contribution in [0.5, 0.6) is 11.5 Å². The van der Waals surface area contributed by atoms with Crippen molar-refractivity contribution in [2.45, 2.75) is 32.5 Å². The summed E-state index contributed by atoms with van der Waals surface area (Å²) in [6.45, 7) is 6.23. The summed E-state index contributed by atoms with van der Waals surface area (Å²) in [5.41, 5.74) is 0.993. The van der Waals surface area contributed by atoms with E-state index in [2.05, 4.69) is 9.80 Å². The molecule has 6 nitrogen and oxygen atoms in total. The van der Waals surface area contributed by atoms with Gasteiger partial charge in [0, 0.05) is 38.8 Å². The van der Waals surface area contributed by atoms with Gasteiger partial charge in [0.2, 0.25) is 0 Å². The zero-order valence-corrected chi connectivity index (χ0v) is 16.6. The number of phenolic OH excluding ortho intramolecular Hbond substituents is 1. The maximum absolute atomic E-state index is 9.90. The van der Waals surface area contributed by atoms with Crippen LogP contribution < -0.4 is 4.74 Å². The molecule has 0 amide bonds. The number of halogens is 1. The third kappa shape index (κ3) is 4.96. The van der Waals surface area contributed by atoms with E-state index in [-0.39, 0.29) is 18.4 Å². The smallest absolute Gasteiger partial charge is 0.176 e. The number of benzene rings is 1. The van der Waals surface area contributed by atoms with Crippen LogP contribution in [0, 0.1) is 6.92 Å². The number of rotatable bonds is 7. The Kier molecular flexibility index (Phi) is 6.65. The fourth-order valence-electron chi connectivity index (χ4n) is 3.63. The number of aliphatic hydroxyl groups is 1. The second kappa shape index (κ2) is 8.97. The highest BCUT2D eigenvalue weighted by atomic mass is 35.5. The Balaban J connectivity index is 1.66. The summed E-state index contributed by atoms with van der Waals surface area (Å²) in [5, 5.41) is 19.7. The number of aliphatic hydroxyl groups excluding tert-OH is 1. The normalized spacial score (nSPS) is 18.7. The van der Waals surface area contributed by atoms with Crippen LogP contribution in [0.4, 0.5) is 0 Å². The molecule has 2 N–H and O–H groups in total. The maximum Gasteiger partial charge on any atom is 0.176 e. The van der Waals surface area contributed by atoms with Crippen LogP contribution >= 0.6 is 11.6 Å². The number of ether oxygens (including phenoxy) is 1. The molecule has 1 aliphatic heterocycles. The van der Waals surface area contributed by atoms with Gasteiger partial charge in [0.25, 0.3) is 0 Å². The molecule has 0 spiro atoms. The van der Waals surface area contributed by atoms with E-state index in [4.69, 9.17) is 20.8 Å². The number of phenols is 1. The molecule has 2 heterocycles. The summed E-state index contributed by atoms with van der Waals surface area (Å²) in [6, 6.07) is 7.85. The van der Waals surface area contributed by atoms with Crippen LogP contribution in [0.2, 0.25) is 5.02 Å². The number of aryl methyl sites for hydroxylation is 1. The summed E-state index contributed by atoms with van der Waals surface area (Å²) < 4.78 is 10.9. The first-order valence-corrected chi connectivity index (χ1v) is 9.56. The van der Waals surface area contributed by atoms with Gasteiger partial charge in [-0.25, -0.2) is 0 Å². The van der Waals surface area contributed by atoms with Crippen molar-refractivity contribution in [1.82, 2.24) is 9.80 Å². The molecule has 1 atom stereocenters. The van der Waals surface area contributed by atoms with Gasteiger partial charge < -0.3 is 19.4 Å². The monoisotopic (exact) mass is 394 g/mol. The summed E-state index contributed by atoms with van der Waals surface area (Å²) in [5.74, 6) is 2.23. The van der Waals surface area contributed by atoms with Gasteiger partial charge in [0.15, 0.2) is 11.5 Å². The second-order valence-corrected chi connectivity index (χ2v) is 7.42. The van der Waals surface area contributed by atoms with Crippen LogP contribution in [-0.4, -0.2) is 59.4 Å². The highest BCUT2D eigenvalue weighted by molar-refractivity contribution is 6.32. The summed E-state index contributed by atoms with van der Waals surface area (Å²) in [7, 11) is 1.52. The predicted molar refractivity (Wildman–Crippen MR) is 104 cm³/mol. The van der Waals surface area contributed by atoms with E-state index in [1.807, 2.05) is 25.1 Å². The molecular formula is C20H27ClN2O4. The van der Waals surface area contributed by atoms with Gasteiger partial charge >= 0.3 is 0 Å². The van der Waals surface area contributed by atoms with Gasteiger partial charge in [-0.15, -0.1) is 0 Å². The number of nitrogens with zero attached hydrogens (tertiary/aromatic N) is 2. The van der Waals surface area contributed by atoms with E-state index >= 15 is 0 Å². The quantitative estimate of drug-likeness (QED) is 0.752. The molecule has 0 saturated carbocycles. The molecule has 1 fully saturated rings. The van der Waals surface area contributed by atoms with Crippen LogP contribution in [0.3, 0.4) is 0 Å². The molecule has 1 aliphatic rings. The van der Waals surface area contributed by atoms with E-state index in [1.54, 1.807) is 6.07 Å². The minimum Gasteiger partial charge on any atom is -0.503 e. The molecule has 0 bridgehead atoms. The zero-order chi connectivity index (χ0) is 19.4. The molecule has 0 aliphatic carbocycles. The van der Waals surface area contributed by atoms with Crippen LogP contribution in [0.25, 0.3) is 0 Å². The molecule has 1 aromatic heterocycles. The Bertz CT molecular complexity index is 764. The number of furan rings is 1. The third-order valence-corrected chi connectivity index (χ3v) is 5.31. The van der Waals surface area contributed by atoms with Crippen molar-refractivity contribution < 1.29 is 19.4 Å². The number of hydrogen-bond acceptors (Lipinski definition) is 6. The van der Waals surface area contributed by atoms with Gasteiger partial charge in [-0.1, -0.05) is 11.6 Å². The Morgan fingerprint density at radius 3 is 2.74 bits per heavy atom. The van der Waals surface area contributed by atoms with E-state index in [1.165, 1.54) is 7.11 Å². The number of aromatic hydroxyl groups is 1. The largest absolute Gasteiger partial charge is 0.503 e. The first kappa shape index (κ1) is 20.0. The average Bonchev–Trinajstić information content (AvgIpc) is 3.05. The molecule has 148 valence electrons. The van der Waals surface area contributed by atoms with Crippen molar-refractivity contribution in [2.75, 3.05) is 33.4 Å². The maximum atomic E-state index is 9.90. The molecule has 7 heteroatoms. The molecule has 3 rings (SSSR count). The molecule has 1 saturated heterocycles. The van der Waals surface area contributed by atoms with Gasteiger partial charge in [-0.2, -0.15) is 0 Å². The lowest BCUT2D eigenvalue weighted by atomic mass is 10.1. The summed E-state index contributed by atoms with van der Waals surface area (Å²) in [6.07, 6.45) is 0.718. The van der Waals surface area contributed by atoms with E-state index in [0.717, 1.165) is 49.7 Å². The fourth-order valence-corrected chi connectivity index (χ4v) is 3.87. The lowest BCUT2D eigenvalue weighted by Crippen LogP contribution is -2.52. The Morgan fingerprint density at radius 2 is 2.07 bits per heavy atom. The van der Waals surface area contributed by atoms with E-state index in [0.29, 0.717) is 17.3 Å². The zero-order valence-electron chi connectivity index (χ0n) is 15.8. The number of methoxy groups -OCH3 is 1. The molecule has 0 radical (unpaired) electrons. The minimum atomic E-state index is -0.0281. The molecule has 1 aromatic carbocycles. The van der Waals surface area contributed by atoms with Crippen LogP contribution in [0.15, 0.2) is 28.7 Å². The standard InChI is InChI=1S/C20H27ClN2O4/c1-14-3-4-17(27-14)13-23-7-6-22(12-16(23)5-8-24)11-15-9-18(21)20(25)19(10-15)26-2/h3-4,9-10,16,24-25H,5-8,11-13H2,1-2H3.